The molecule has 1 aliphatic rings. The van der Waals surface area contributed by atoms with E-state index in [0.717, 1.165) is 41.4 Å². The van der Waals surface area contributed by atoms with Crippen molar-refractivity contribution >= 4 is 39.8 Å². The first-order valence-corrected chi connectivity index (χ1v) is 13.6. The molecule has 2 heterocycles. The van der Waals surface area contributed by atoms with Gasteiger partial charge in [0.05, 0.1) is 18.5 Å². The number of nitrogens with zero attached hydrogens (tertiary/aromatic N) is 2. The van der Waals surface area contributed by atoms with Crippen LogP contribution in [-0.4, -0.2) is 40.6 Å². The average Bonchev–Trinajstić information content (AvgIpc) is 3.56. The van der Waals surface area contributed by atoms with Crippen molar-refractivity contribution < 1.29 is 19.2 Å². The molecule has 1 aliphatic heterocycles. The number of H-pyrrole nitrogens is 1. The van der Waals surface area contributed by atoms with E-state index in [1.165, 1.54) is 6.07 Å². The highest BCUT2D eigenvalue weighted by molar-refractivity contribution is 6.00. The van der Waals surface area contributed by atoms with Crippen LogP contribution in [0.15, 0.2) is 48.7 Å². The maximum atomic E-state index is 13.3. The van der Waals surface area contributed by atoms with Gasteiger partial charge in [-0.3, -0.25) is 19.7 Å². The second-order valence-corrected chi connectivity index (χ2v) is 9.88. The molecule has 4 rings (SSSR count). The van der Waals surface area contributed by atoms with Crippen LogP contribution in [0.1, 0.15) is 62.3 Å². The van der Waals surface area contributed by atoms with Crippen molar-refractivity contribution in [1.82, 2.24) is 20.6 Å². The minimum Gasteiger partial charge on any atom is -0.497 e. The number of rotatable bonds is 14. The minimum atomic E-state index is -0.425. The van der Waals surface area contributed by atoms with Gasteiger partial charge >= 0.3 is 5.84 Å². The Hall–Kier alpha value is -4.47. The lowest BCUT2D eigenvalue weighted by atomic mass is 10.0. The Morgan fingerprint density at radius 3 is 2.70 bits per heavy atom. The van der Waals surface area contributed by atoms with E-state index in [2.05, 4.69) is 20.6 Å². The third-order valence-corrected chi connectivity index (χ3v) is 7.16. The lowest BCUT2D eigenvalue weighted by molar-refractivity contribution is -0.385. The number of benzene rings is 2. The Bertz CT molecular complexity index is 1470. The van der Waals surface area contributed by atoms with Crippen molar-refractivity contribution in [2.75, 3.05) is 7.11 Å². The lowest BCUT2D eigenvalue weighted by Gasteiger charge is -2.16. The van der Waals surface area contributed by atoms with Crippen molar-refractivity contribution in [2.24, 2.45) is 0 Å². The summed E-state index contributed by atoms with van der Waals surface area (Å²) in [6.07, 6.45) is 5.85. The zero-order valence-electron chi connectivity index (χ0n) is 23.1. The summed E-state index contributed by atoms with van der Waals surface area (Å²) in [5, 5.41) is 18.8. The van der Waals surface area contributed by atoms with Crippen LogP contribution in [0.5, 0.6) is 5.75 Å². The second kappa shape index (κ2) is 13.1. The van der Waals surface area contributed by atoms with E-state index < -0.39 is 11.0 Å². The van der Waals surface area contributed by atoms with Crippen LogP contribution in [0, 0.1) is 17.0 Å². The molecule has 10 heteroatoms. The molecule has 0 spiro atoms. The summed E-state index contributed by atoms with van der Waals surface area (Å²) in [4.78, 5) is 44.0. The van der Waals surface area contributed by atoms with Gasteiger partial charge in [-0.15, -0.1) is 0 Å². The molecule has 209 valence electrons. The average molecular weight is 546 g/mol. The number of Topliss-reactive ketones (excluding diaryl/α,β-unsaturated/α-hetero) is 1. The second-order valence-electron chi connectivity index (χ2n) is 9.88. The Morgan fingerprint density at radius 1 is 1.15 bits per heavy atom. The Kier molecular flexibility index (Phi) is 9.31. The number of carbonyl (C=O) groups excluding carboxylic acids is 2. The van der Waals surface area contributed by atoms with Gasteiger partial charge < -0.3 is 15.0 Å². The molecule has 1 aromatic heterocycles. The third kappa shape index (κ3) is 6.74. The lowest BCUT2D eigenvalue weighted by Crippen LogP contribution is -2.47. The number of hydrogen-bond donors (Lipinski definition) is 3. The first kappa shape index (κ1) is 28.5. The Morgan fingerprint density at radius 2 is 1.95 bits per heavy atom. The van der Waals surface area contributed by atoms with Crippen LogP contribution < -0.4 is 20.4 Å². The molecule has 3 aromatic rings. The molecule has 2 aromatic carbocycles. The molecular formula is C30H35N5O5+. The van der Waals surface area contributed by atoms with Gasteiger partial charge in [-0.2, -0.15) is 0 Å². The number of fused-ring (bicyclic) bond motifs is 1. The first-order chi connectivity index (χ1) is 19.3. The van der Waals surface area contributed by atoms with Crippen LogP contribution >= 0.6 is 0 Å². The van der Waals surface area contributed by atoms with Crippen LogP contribution in [0.2, 0.25) is 0 Å². The van der Waals surface area contributed by atoms with Crippen LogP contribution in [0.3, 0.4) is 0 Å². The van der Waals surface area contributed by atoms with Gasteiger partial charge in [-0.1, -0.05) is 31.9 Å². The smallest absolute Gasteiger partial charge is 0.319 e. The van der Waals surface area contributed by atoms with Crippen molar-refractivity contribution in [2.45, 2.75) is 64.8 Å². The number of methoxy groups -OCH3 is 1. The zero-order chi connectivity index (χ0) is 28.6. The molecule has 10 nitrogen and oxygen atoms in total. The SMILES string of the molecule is CCC(=O)CCCCC[C@H](NC(=O)Cc1c(C)[nH]c2ccc(OC)cc12)C1=[N+]C=C(c2ccccc2[N+](=O)[O-])N1. The van der Waals surface area contributed by atoms with E-state index in [1.807, 2.05) is 32.0 Å². The van der Waals surface area contributed by atoms with Crippen LogP contribution in [0.4, 0.5) is 5.69 Å². The maximum absolute atomic E-state index is 13.3. The third-order valence-electron chi connectivity index (χ3n) is 7.16. The molecule has 3 N–H and O–H groups in total. The van der Waals surface area contributed by atoms with E-state index >= 15 is 0 Å². The summed E-state index contributed by atoms with van der Waals surface area (Å²) < 4.78 is 5.37. The van der Waals surface area contributed by atoms with E-state index in [0.29, 0.717) is 42.1 Å². The van der Waals surface area contributed by atoms with E-state index in [4.69, 9.17) is 4.74 Å². The summed E-state index contributed by atoms with van der Waals surface area (Å²) in [5.41, 5.74) is 3.64. The number of ether oxygens (including phenoxy) is 1. The zero-order valence-corrected chi connectivity index (χ0v) is 23.1. The first-order valence-electron chi connectivity index (χ1n) is 13.6. The van der Waals surface area contributed by atoms with Gasteiger partial charge in [-0.25, -0.2) is 5.32 Å². The van der Waals surface area contributed by atoms with Crippen molar-refractivity contribution in [3.63, 3.8) is 0 Å². The number of aryl methyl sites for hydroxylation is 1. The number of ketones is 1. The van der Waals surface area contributed by atoms with Gasteiger partial charge in [0, 0.05) is 35.5 Å². The number of carbonyl (C=O) groups is 2. The molecule has 1 atom stereocenters. The van der Waals surface area contributed by atoms with Gasteiger partial charge in [0.1, 0.15) is 23.1 Å². The molecule has 0 fully saturated rings. The molecule has 0 bridgehead atoms. The summed E-state index contributed by atoms with van der Waals surface area (Å²) in [6.45, 7) is 3.81. The van der Waals surface area contributed by atoms with E-state index in [-0.39, 0.29) is 23.8 Å². The molecule has 0 saturated heterocycles. The van der Waals surface area contributed by atoms with Gasteiger partial charge in [0.15, 0.2) is 11.9 Å². The fourth-order valence-corrected chi connectivity index (χ4v) is 4.93. The molecule has 1 radical (unpaired) electrons. The number of unbranched alkanes of at least 4 members (excludes halogenated alkanes) is 2. The predicted molar refractivity (Wildman–Crippen MR) is 155 cm³/mol. The number of aromatic amines is 1. The number of hydrogen-bond acceptors (Lipinski definition) is 7. The van der Waals surface area contributed by atoms with Crippen molar-refractivity contribution in [3.05, 3.63) is 75.6 Å². The minimum absolute atomic E-state index is 0.0240. The van der Waals surface area contributed by atoms with E-state index in [9.17, 15) is 19.7 Å². The highest BCUT2D eigenvalue weighted by Crippen LogP contribution is 2.27. The van der Waals surface area contributed by atoms with Crippen molar-refractivity contribution in [1.29, 1.82) is 0 Å². The number of aliphatic imine (C=N–C) groups is 1. The summed E-state index contributed by atoms with van der Waals surface area (Å²) in [6, 6.07) is 11.8. The van der Waals surface area contributed by atoms with E-state index in [1.54, 1.807) is 31.5 Å². The number of amides is 1. The molecule has 0 unspecified atom stereocenters. The highest BCUT2D eigenvalue weighted by Gasteiger charge is 2.33. The van der Waals surface area contributed by atoms with Gasteiger partial charge in [0.25, 0.3) is 5.69 Å². The van der Waals surface area contributed by atoms with Gasteiger partial charge in [-0.05, 0) is 54.6 Å². The largest absolute Gasteiger partial charge is 0.497 e. The maximum Gasteiger partial charge on any atom is 0.319 e. The molecule has 0 saturated carbocycles. The summed E-state index contributed by atoms with van der Waals surface area (Å²) in [5.74, 6) is 1.33. The molecule has 1 amide bonds. The molecule has 40 heavy (non-hydrogen) atoms. The Balaban J connectivity index is 1.48. The molecule has 0 aliphatic carbocycles. The fourth-order valence-electron chi connectivity index (χ4n) is 4.93. The fraction of sp³-hybridized carbons (Fsp3) is 0.367. The number of nitrogens with one attached hydrogen (secondary N) is 3. The number of para-hydroxylation sites is 1. The predicted octanol–water partition coefficient (Wildman–Crippen LogP) is 4.69. The Labute approximate surface area is 233 Å². The van der Waals surface area contributed by atoms with Crippen LogP contribution in [0.25, 0.3) is 16.6 Å². The number of aromatic nitrogens is 1. The summed E-state index contributed by atoms with van der Waals surface area (Å²) >= 11 is 0. The molecular weight excluding hydrogens is 510 g/mol. The number of nitro groups is 1. The highest BCUT2D eigenvalue weighted by atomic mass is 16.6. The topological polar surface area (TPSA) is 140 Å². The quantitative estimate of drug-likeness (QED) is 0.153. The number of nitro benzene ring substituents is 1. The normalized spacial score (nSPS) is 13.4. The summed E-state index contributed by atoms with van der Waals surface area (Å²) in [7, 11) is 1.61. The van der Waals surface area contributed by atoms with Gasteiger partial charge in [0.2, 0.25) is 5.91 Å². The monoisotopic (exact) mass is 545 g/mol. The standard InChI is InChI=1S/C30H35N5O5/c1-4-20(36)10-6-5-7-12-26(30-31-18-27(34-30)22-11-8-9-13-28(22)35(38)39)33-29(37)17-23-19(2)32-25-15-14-21(40-3)16-24(23)25/h8-9,11,13-16,18,26,32,34H,4-7,10,12,17H2,1-3H3,(H,33,37)/q+1/t26-/m0/s1. The van der Waals surface area contributed by atoms with Crippen LogP contribution in [-0.2, 0) is 16.0 Å². The van der Waals surface area contributed by atoms with Crippen molar-refractivity contribution in [3.8, 4) is 5.75 Å². The number of amidine groups is 1.